The normalized spacial score (nSPS) is 17.1. The third kappa shape index (κ3) is 3.71. The minimum absolute atomic E-state index is 0.0799. The molecule has 1 atom stereocenters. The lowest BCUT2D eigenvalue weighted by Gasteiger charge is -2.19. The average Bonchev–Trinajstić information content (AvgIpc) is 2.86. The number of carbonyl (C=O) groups excluding carboxylic acids is 2. The number of nitriles is 1. The average molecular weight is 346 g/mol. The maximum atomic E-state index is 12.4. The molecule has 0 aliphatic carbocycles. The van der Waals surface area contributed by atoms with Gasteiger partial charge >= 0.3 is 0 Å². The fourth-order valence-corrected chi connectivity index (χ4v) is 3.13. The molecular weight excluding hydrogens is 328 g/mol. The van der Waals surface area contributed by atoms with Crippen molar-refractivity contribution >= 4 is 29.0 Å². The third-order valence-electron chi connectivity index (χ3n) is 3.63. The standard InChI is InChI=1S/C17H18N2O4S/c1-4-11(2)19-16(20)15(24-17(19)21)10-12-5-6-13(23-8-7-18)14(9-12)22-3/h5-6,9-11H,4,8H2,1-3H3/b15-10+/t11-/m1/s1. The van der Waals surface area contributed by atoms with E-state index in [1.54, 1.807) is 24.3 Å². The van der Waals surface area contributed by atoms with Crippen LogP contribution in [0.25, 0.3) is 6.08 Å². The number of amides is 2. The number of thioether (sulfide) groups is 1. The van der Waals surface area contributed by atoms with Crippen LogP contribution in [0.3, 0.4) is 0 Å². The molecule has 0 N–H and O–H groups in total. The maximum Gasteiger partial charge on any atom is 0.293 e. The summed E-state index contributed by atoms with van der Waals surface area (Å²) in [7, 11) is 1.50. The van der Waals surface area contributed by atoms with Crippen molar-refractivity contribution in [3.63, 3.8) is 0 Å². The van der Waals surface area contributed by atoms with Crippen LogP contribution in [0.2, 0.25) is 0 Å². The van der Waals surface area contributed by atoms with Crippen LogP contribution >= 0.6 is 11.8 Å². The smallest absolute Gasteiger partial charge is 0.293 e. The Morgan fingerprint density at radius 2 is 2.12 bits per heavy atom. The predicted molar refractivity (Wildman–Crippen MR) is 91.7 cm³/mol. The quantitative estimate of drug-likeness (QED) is 0.734. The van der Waals surface area contributed by atoms with E-state index in [2.05, 4.69) is 0 Å². The number of hydrogen-bond acceptors (Lipinski definition) is 6. The molecule has 1 aliphatic heterocycles. The third-order valence-corrected chi connectivity index (χ3v) is 4.52. The van der Waals surface area contributed by atoms with Gasteiger partial charge in [-0.2, -0.15) is 5.26 Å². The number of methoxy groups -OCH3 is 1. The summed E-state index contributed by atoms with van der Waals surface area (Å²) in [5.74, 6) is 0.632. The van der Waals surface area contributed by atoms with Crippen LogP contribution in [-0.4, -0.2) is 35.8 Å². The molecule has 0 bridgehead atoms. The second-order valence-corrected chi connectivity index (χ2v) is 6.16. The van der Waals surface area contributed by atoms with Gasteiger partial charge in [-0.1, -0.05) is 13.0 Å². The van der Waals surface area contributed by atoms with E-state index in [0.717, 1.165) is 11.8 Å². The molecule has 2 amide bonds. The van der Waals surface area contributed by atoms with Crippen molar-refractivity contribution in [2.24, 2.45) is 0 Å². The van der Waals surface area contributed by atoms with Gasteiger partial charge in [-0.05, 0) is 48.9 Å². The Balaban J connectivity index is 2.27. The number of benzene rings is 1. The van der Waals surface area contributed by atoms with Crippen molar-refractivity contribution in [2.45, 2.75) is 26.3 Å². The second kappa shape index (κ2) is 7.88. The van der Waals surface area contributed by atoms with E-state index in [0.29, 0.717) is 28.4 Å². The Morgan fingerprint density at radius 3 is 2.75 bits per heavy atom. The SMILES string of the molecule is CC[C@@H](C)N1C(=O)S/C(=C/c2ccc(OCC#N)c(OC)c2)C1=O. The minimum Gasteiger partial charge on any atom is -0.493 e. The van der Waals surface area contributed by atoms with Gasteiger partial charge in [0.2, 0.25) is 0 Å². The molecule has 126 valence electrons. The van der Waals surface area contributed by atoms with Gasteiger partial charge in [0.25, 0.3) is 11.1 Å². The Labute approximate surface area is 145 Å². The lowest BCUT2D eigenvalue weighted by atomic mass is 10.1. The highest BCUT2D eigenvalue weighted by Gasteiger charge is 2.37. The maximum absolute atomic E-state index is 12.4. The van der Waals surface area contributed by atoms with E-state index in [1.165, 1.54) is 12.0 Å². The molecule has 0 radical (unpaired) electrons. The summed E-state index contributed by atoms with van der Waals surface area (Å²) in [6, 6.07) is 6.87. The van der Waals surface area contributed by atoms with Gasteiger partial charge in [-0.25, -0.2) is 0 Å². The van der Waals surface area contributed by atoms with Crippen LogP contribution in [0.5, 0.6) is 11.5 Å². The number of ether oxygens (including phenoxy) is 2. The Hall–Kier alpha value is -2.46. The number of rotatable bonds is 6. The van der Waals surface area contributed by atoms with Crippen LogP contribution < -0.4 is 9.47 Å². The van der Waals surface area contributed by atoms with Gasteiger partial charge in [-0.3, -0.25) is 14.5 Å². The van der Waals surface area contributed by atoms with Gasteiger partial charge in [-0.15, -0.1) is 0 Å². The summed E-state index contributed by atoms with van der Waals surface area (Å²) in [6.07, 6.45) is 2.37. The van der Waals surface area contributed by atoms with Gasteiger partial charge in [0.1, 0.15) is 6.07 Å². The zero-order valence-electron chi connectivity index (χ0n) is 13.7. The van der Waals surface area contributed by atoms with E-state index in [1.807, 2.05) is 19.9 Å². The summed E-state index contributed by atoms with van der Waals surface area (Å²) in [5.41, 5.74) is 0.714. The largest absolute Gasteiger partial charge is 0.493 e. The molecule has 0 unspecified atom stereocenters. The van der Waals surface area contributed by atoms with Gasteiger partial charge in [0.15, 0.2) is 18.1 Å². The van der Waals surface area contributed by atoms with Crippen LogP contribution in [0, 0.1) is 11.3 Å². The van der Waals surface area contributed by atoms with Crippen LogP contribution in [0.1, 0.15) is 25.8 Å². The van der Waals surface area contributed by atoms with Crippen molar-refractivity contribution in [3.8, 4) is 17.6 Å². The van der Waals surface area contributed by atoms with Crippen molar-refractivity contribution in [3.05, 3.63) is 28.7 Å². The van der Waals surface area contributed by atoms with Gasteiger partial charge in [0.05, 0.1) is 12.0 Å². The fourth-order valence-electron chi connectivity index (χ4n) is 2.20. The Bertz CT molecular complexity index is 724. The lowest BCUT2D eigenvalue weighted by molar-refractivity contribution is -0.124. The van der Waals surface area contributed by atoms with E-state index < -0.39 is 0 Å². The first kappa shape index (κ1) is 17.9. The molecule has 1 saturated heterocycles. The zero-order chi connectivity index (χ0) is 17.7. The van der Waals surface area contributed by atoms with E-state index >= 15 is 0 Å². The summed E-state index contributed by atoms with van der Waals surface area (Å²) in [6.45, 7) is 3.70. The molecule has 1 heterocycles. The molecule has 1 aromatic carbocycles. The molecule has 7 heteroatoms. The van der Waals surface area contributed by atoms with E-state index in [4.69, 9.17) is 14.7 Å². The van der Waals surface area contributed by atoms with Crippen LogP contribution in [-0.2, 0) is 4.79 Å². The Kier molecular flexibility index (Phi) is 5.88. The van der Waals surface area contributed by atoms with E-state index in [9.17, 15) is 9.59 Å². The second-order valence-electron chi connectivity index (χ2n) is 5.17. The monoisotopic (exact) mass is 346 g/mol. The number of nitrogens with zero attached hydrogens (tertiary/aromatic N) is 2. The predicted octanol–water partition coefficient (Wildman–Crippen LogP) is 3.43. The molecule has 2 rings (SSSR count). The van der Waals surface area contributed by atoms with Crippen molar-refractivity contribution in [1.29, 1.82) is 5.26 Å². The number of hydrogen-bond donors (Lipinski definition) is 0. The topological polar surface area (TPSA) is 79.6 Å². The summed E-state index contributed by atoms with van der Waals surface area (Å²) < 4.78 is 10.5. The molecule has 24 heavy (non-hydrogen) atoms. The molecule has 1 fully saturated rings. The highest BCUT2D eigenvalue weighted by atomic mass is 32.2. The fraction of sp³-hybridized carbons (Fsp3) is 0.353. The zero-order valence-corrected chi connectivity index (χ0v) is 14.6. The first-order valence-corrected chi connectivity index (χ1v) is 8.28. The van der Waals surface area contributed by atoms with Crippen molar-refractivity contribution in [1.82, 2.24) is 4.90 Å². The number of imide groups is 1. The minimum atomic E-state index is -0.275. The molecule has 6 nitrogen and oxygen atoms in total. The molecular formula is C17H18N2O4S. The molecule has 1 aliphatic rings. The summed E-state index contributed by atoms with van der Waals surface area (Å²) in [4.78, 5) is 26.1. The summed E-state index contributed by atoms with van der Waals surface area (Å²) in [5, 5.41) is 8.33. The molecule has 1 aromatic rings. The lowest BCUT2D eigenvalue weighted by Crippen LogP contribution is -2.36. The van der Waals surface area contributed by atoms with E-state index in [-0.39, 0.29) is 23.8 Å². The Morgan fingerprint density at radius 1 is 1.38 bits per heavy atom. The molecule has 0 spiro atoms. The number of carbonyl (C=O) groups is 2. The first-order chi connectivity index (χ1) is 11.5. The highest BCUT2D eigenvalue weighted by Crippen LogP contribution is 2.35. The van der Waals surface area contributed by atoms with Crippen LogP contribution in [0.15, 0.2) is 23.1 Å². The van der Waals surface area contributed by atoms with Gasteiger partial charge < -0.3 is 9.47 Å². The van der Waals surface area contributed by atoms with Crippen molar-refractivity contribution in [2.75, 3.05) is 13.7 Å². The van der Waals surface area contributed by atoms with Crippen molar-refractivity contribution < 1.29 is 19.1 Å². The molecule has 0 saturated carbocycles. The van der Waals surface area contributed by atoms with Gasteiger partial charge in [0, 0.05) is 6.04 Å². The highest BCUT2D eigenvalue weighted by molar-refractivity contribution is 8.18. The summed E-state index contributed by atoms with van der Waals surface area (Å²) >= 11 is 0.935. The molecule has 0 aromatic heterocycles. The first-order valence-electron chi connectivity index (χ1n) is 7.46. The van der Waals surface area contributed by atoms with Crippen LogP contribution in [0.4, 0.5) is 4.79 Å².